The van der Waals surface area contributed by atoms with Crippen LogP contribution in [-0.4, -0.2) is 16.2 Å². The van der Waals surface area contributed by atoms with E-state index in [1.807, 2.05) is 18.2 Å². The van der Waals surface area contributed by atoms with E-state index in [1.54, 1.807) is 43.3 Å². The van der Waals surface area contributed by atoms with Crippen molar-refractivity contribution in [2.24, 2.45) is 0 Å². The standard InChI is InChI=1S/C25H18F2N4O2/c1-15-21(24-29-23(30-33-24)17-8-6-10-19(27)14-17)22(16-7-5-9-18(26)13-16)28-25(32)31(15)20-11-3-2-4-12-20/h2-14,22H,1H3,(H,28,32). The summed E-state index contributed by atoms with van der Waals surface area (Å²) in [6.45, 7) is 1.76. The topological polar surface area (TPSA) is 71.3 Å². The molecule has 33 heavy (non-hydrogen) atoms. The van der Waals surface area contributed by atoms with E-state index >= 15 is 0 Å². The fourth-order valence-electron chi connectivity index (χ4n) is 3.92. The third kappa shape index (κ3) is 3.87. The summed E-state index contributed by atoms with van der Waals surface area (Å²) in [5.74, 6) is -0.518. The van der Waals surface area contributed by atoms with Gasteiger partial charge in [0.2, 0.25) is 5.82 Å². The quantitative estimate of drug-likeness (QED) is 0.437. The van der Waals surface area contributed by atoms with Crippen LogP contribution in [0, 0.1) is 11.6 Å². The molecular formula is C25H18F2N4O2. The minimum atomic E-state index is -0.728. The van der Waals surface area contributed by atoms with Crippen molar-refractivity contribution in [2.45, 2.75) is 13.0 Å². The van der Waals surface area contributed by atoms with E-state index in [2.05, 4.69) is 15.5 Å². The first kappa shape index (κ1) is 20.6. The number of anilines is 1. The van der Waals surface area contributed by atoms with E-state index in [0.29, 0.717) is 28.1 Å². The van der Waals surface area contributed by atoms with Crippen molar-refractivity contribution in [2.75, 3.05) is 4.90 Å². The summed E-state index contributed by atoms with van der Waals surface area (Å²) in [6, 6.07) is 19.8. The maximum Gasteiger partial charge on any atom is 0.326 e. The third-order valence-electron chi connectivity index (χ3n) is 5.42. The predicted molar refractivity (Wildman–Crippen MR) is 119 cm³/mol. The molecule has 5 rings (SSSR count). The summed E-state index contributed by atoms with van der Waals surface area (Å²) in [5, 5.41) is 6.93. The van der Waals surface area contributed by atoms with Crippen molar-refractivity contribution in [3.63, 3.8) is 0 Å². The lowest BCUT2D eigenvalue weighted by Crippen LogP contribution is -2.46. The van der Waals surface area contributed by atoms with Crippen LogP contribution < -0.4 is 10.2 Å². The van der Waals surface area contributed by atoms with Gasteiger partial charge in [-0.25, -0.2) is 13.6 Å². The van der Waals surface area contributed by atoms with E-state index < -0.39 is 17.7 Å². The third-order valence-corrected chi connectivity index (χ3v) is 5.42. The Morgan fingerprint density at radius 3 is 2.39 bits per heavy atom. The van der Waals surface area contributed by atoms with Crippen LogP contribution in [0.3, 0.4) is 0 Å². The average Bonchev–Trinajstić information content (AvgIpc) is 3.29. The lowest BCUT2D eigenvalue weighted by Gasteiger charge is -2.35. The number of allylic oxidation sites excluding steroid dienone is 1. The van der Waals surface area contributed by atoms with Gasteiger partial charge in [-0.1, -0.05) is 47.6 Å². The maximum absolute atomic E-state index is 14.0. The molecular weight excluding hydrogens is 426 g/mol. The number of urea groups is 1. The highest BCUT2D eigenvalue weighted by molar-refractivity contribution is 6.01. The van der Waals surface area contributed by atoms with E-state index in [9.17, 15) is 13.6 Å². The average molecular weight is 444 g/mol. The minimum absolute atomic E-state index is 0.141. The molecule has 0 saturated heterocycles. The molecule has 3 aromatic carbocycles. The Balaban J connectivity index is 1.67. The number of hydrogen-bond donors (Lipinski definition) is 1. The molecule has 0 radical (unpaired) electrons. The van der Waals surface area contributed by atoms with E-state index in [1.165, 1.54) is 29.2 Å². The zero-order chi connectivity index (χ0) is 22.9. The second-order valence-electron chi connectivity index (χ2n) is 7.54. The number of hydrogen-bond acceptors (Lipinski definition) is 4. The molecule has 1 atom stereocenters. The predicted octanol–water partition coefficient (Wildman–Crippen LogP) is 5.72. The normalized spacial score (nSPS) is 16.2. The maximum atomic E-state index is 14.0. The number of halogens is 2. The molecule has 2 amide bonds. The molecule has 1 aliphatic rings. The van der Waals surface area contributed by atoms with Crippen LogP contribution in [0.4, 0.5) is 19.3 Å². The molecule has 1 aromatic heterocycles. The number of para-hydroxylation sites is 1. The van der Waals surface area contributed by atoms with Crippen LogP contribution in [-0.2, 0) is 0 Å². The zero-order valence-corrected chi connectivity index (χ0v) is 17.5. The summed E-state index contributed by atoms with van der Waals surface area (Å²) < 4.78 is 33.3. The van der Waals surface area contributed by atoms with Gasteiger partial charge in [-0.3, -0.25) is 4.90 Å². The second-order valence-corrected chi connectivity index (χ2v) is 7.54. The van der Waals surface area contributed by atoms with Gasteiger partial charge < -0.3 is 9.84 Å². The van der Waals surface area contributed by atoms with Gasteiger partial charge in [0, 0.05) is 11.3 Å². The van der Waals surface area contributed by atoms with Crippen LogP contribution in [0.5, 0.6) is 0 Å². The summed E-state index contributed by atoms with van der Waals surface area (Å²) in [5.41, 5.74) is 2.68. The monoisotopic (exact) mass is 444 g/mol. The second kappa shape index (κ2) is 8.31. The molecule has 8 heteroatoms. The molecule has 0 saturated carbocycles. The first-order valence-corrected chi connectivity index (χ1v) is 10.2. The minimum Gasteiger partial charge on any atom is -0.334 e. The van der Waals surface area contributed by atoms with Crippen molar-refractivity contribution in [1.29, 1.82) is 0 Å². The van der Waals surface area contributed by atoms with Crippen molar-refractivity contribution in [3.8, 4) is 11.4 Å². The van der Waals surface area contributed by atoms with Crippen molar-refractivity contribution in [3.05, 3.63) is 108 Å². The highest BCUT2D eigenvalue weighted by Crippen LogP contribution is 2.39. The van der Waals surface area contributed by atoms with Crippen molar-refractivity contribution >= 4 is 17.3 Å². The van der Waals surface area contributed by atoms with Crippen LogP contribution >= 0.6 is 0 Å². The summed E-state index contributed by atoms with van der Waals surface area (Å²) in [4.78, 5) is 19.1. The molecule has 0 fully saturated rings. The lowest BCUT2D eigenvalue weighted by atomic mass is 9.94. The molecule has 1 N–H and O–H groups in total. The Labute approximate surface area is 188 Å². The van der Waals surface area contributed by atoms with Gasteiger partial charge in [0.05, 0.1) is 17.3 Å². The van der Waals surface area contributed by atoms with Crippen LogP contribution in [0.1, 0.15) is 24.4 Å². The number of aromatic nitrogens is 2. The molecule has 6 nitrogen and oxygen atoms in total. The van der Waals surface area contributed by atoms with E-state index in [4.69, 9.17) is 4.52 Å². The molecule has 1 aliphatic heterocycles. The molecule has 0 aliphatic carbocycles. The largest absolute Gasteiger partial charge is 0.334 e. The van der Waals surface area contributed by atoms with Gasteiger partial charge in [0.25, 0.3) is 5.89 Å². The van der Waals surface area contributed by atoms with Gasteiger partial charge in [-0.2, -0.15) is 4.98 Å². The zero-order valence-electron chi connectivity index (χ0n) is 17.5. The molecule has 0 spiro atoms. The number of carbonyl (C=O) groups excluding carboxylic acids is 1. The summed E-state index contributed by atoms with van der Waals surface area (Å²) in [7, 11) is 0. The Kier molecular flexibility index (Phi) is 5.18. The summed E-state index contributed by atoms with van der Waals surface area (Å²) in [6.07, 6.45) is 0. The molecule has 164 valence electrons. The Morgan fingerprint density at radius 1 is 0.939 bits per heavy atom. The smallest absolute Gasteiger partial charge is 0.326 e. The van der Waals surface area contributed by atoms with Crippen LogP contribution in [0.25, 0.3) is 17.0 Å². The van der Waals surface area contributed by atoms with E-state index in [-0.39, 0.29) is 17.7 Å². The molecule has 0 bridgehead atoms. The fourth-order valence-corrected chi connectivity index (χ4v) is 3.92. The number of nitrogens with zero attached hydrogens (tertiary/aromatic N) is 3. The van der Waals surface area contributed by atoms with Crippen molar-refractivity contribution < 1.29 is 18.1 Å². The fraction of sp³-hybridized carbons (Fsp3) is 0.0800. The lowest BCUT2D eigenvalue weighted by molar-refractivity contribution is 0.244. The Hall–Kier alpha value is -4.33. The Bertz CT molecular complexity index is 1370. The summed E-state index contributed by atoms with van der Waals surface area (Å²) >= 11 is 0. The first-order chi connectivity index (χ1) is 16.0. The molecule has 2 heterocycles. The van der Waals surface area contributed by atoms with Crippen LogP contribution in [0.2, 0.25) is 0 Å². The van der Waals surface area contributed by atoms with Crippen molar-refractivity contribution in [1.82, 2.24) is 15.5 Å². The van der Waals surface area contributed by atoms with Gasteiger partial charge in [-0.15, -0.1) is 0 Å². The molecule has 1 unspecified atom stereocenters. The number of amides is 2. The highest BCUT2D eigenvalue weighted by Gasteiger charge is 2.36. The Morgan fingerprint density at radius 2 is 1.67 bits per heavy atom. The van der Waals surface area contributed by atoms with Crippen LogP contribution in [0.15, 0.2) is 89.1 Å². The number of rotatable bonds is 4. The molecule has 4 aromatic rings. The first-order valence-electron chi connectivity index (χ1n) is 10.2. The number of carbonyl (C=O) groups is 1. The number of benzene rings is 3. The van der Waals surface area contributed by atoms with Gasteiger partial charge in [-0.05, 0) is 48.9 Å². The van der Waals surface area contributed by atoms with Gasteiger partial charge >= 0.3 is 6.03 Å². The van der Waals surface area contributed by atoms with Gasteiger partial charge in [0.1, 0.15) is 11.6 Å². The highest BCUT2D eigenvalue weighted by atomic mass is 19.1. The number of nitrogens with one attached hydrogen (secondary N) is 1. The van der Waals surface area contributed by atoms with E-state index in [0.717, 1.165) is 0 Å². The SMILES string of the molecule is CC1=C(c2nc(-c3cccc(F)c3)no2)C(c2cccc(F)c2)NC(=O)N1c1ccccc1. The van der Waals surface area contributed by atoms with Gasteiger partial charge in [0.15, 0.2) is 0 Å².